The fourth-order valence-electron chi connectivity index (χ4n) is 3.21. The predicted octanol–water partition coefficient (Wildman–Crippen LogP) is 2.99. The summed E-state index contributed by atoms with van der Waals surface area (Å²) in [6, 6.07) is 6.31. The first-order valence-corrected chi connectivity index (χ1v) is 9.98. The van der Waals surface area contributed by atoms with Gasteiger partial charge in [0.25, 0.3) is 0 Å². The number of thioether (sulfide) groups is 1. The van der Waals surface area contributed by atoms with Crippen molar-refractivity contribution in [1.82, 2.24) is 9.88 Å². The zero-order valence-corrected chi connectivity index (χ0v) is 15.4. The summed E-state index contributed by atoms with van der Waals surface area (Å²) >= 11 is 1.85. The van der Waals surface area contributed by atoms with Gasteiger partial charge in [0, 0.05) is 36.8 Å². The Morgan fingerprint density at radius 2 is 1.80 bits per heavy atom. The van der Waals surface area contributed by atoms with Gasteiger partial charge in [0.1, 0.15) is 13.2 Å². The van der Waals surface area contributed by atoms with Gasteiger partial charge in [-0.1, -0.05) is 6.92 Å². The molecule has 0 bridgehead atoms. The molecule has 1 fully saturated rings. The third-order valence-electron chi connectivity index (χ3n) is 4.65. The van der Waals surface area contributed by atoms with Crippen LogP contribution in [0.4, 0.5) is 0 Å². The van der Waals surface area contributed by atoms with Crippen LogP contribution in [0.3, 0.4) is 0 Å². The molecule has 1 aromatic heterocycles. The number of fused-ring (bicyclic) bond motifs is 2. The highest BCUT2D eigenvalue weighted by Crippen LogP contribution is 2.35. The molecule has 5 nitrogen and oxygen atoms in total. The highest BCUT2D eigenvalue weighted by Gasteiger charge is 2.16. The average molecular weight is 360 g/mol. The van der Waals surface area contributed by atoms with Gasteiger partial charge in [0.2, 0.25) is 0 Å². The standard InChI is InChI=1S/C19H24N2O3S/c1-2-14-11-15-12-17-18(24-9-8-23-17)13-16(15)20-19(14)25-10-5-21-3-6-22-7-4-21/h11-13H,2-10H2,1H3. The molecule has 1 saturated heterocycles. The van der Waals surface area contributed by atoms with Gasteiger partial charge in [0.05, 0.1) is 23.8 Å². The number of ether oxygens (including phenoxy) is 3. The van der Waals surface area contributed by atoms with E-state index >= 15 is 0 Å². The quantitative estimate of drug-likeness (QED) is 0.764. The van der Waals surface area contributed by atoms with Crippen molar-refractivity contribution in [2.45, 2.75) is 18.4 Å². The summed E-state index contributed by atoms with van der Waals surface area (Å²) in [5.74, 6) is 2.69. The highest BCUT2D eigenvalue weighted by atomic mass is 32.2. The number of benzene rings is 1. The summed E-state index contributed by atoms with van der Waals surface area (Å²) < 4.78 is 16.8. The molecule has 1 aromatic carbocycles. The zero-order valence-electron chi connectivity index (χ0n) is 14.6. The van der Waals surface area contributed by atoms with Crippen molar-refractivity contribution in [2.75, 3.05) is 51.8 Å². The topological polar surface area (TPSA) is 43.8 Å². The molecule has 25 heavy (non-hydrogen) atoms. The van der Waals surface area contributed by atoms with E-state index in [4.69, 9.17) is 19.2 Å². The smallest absolute Gasteiger partial charge is 0.163 e. The van der Waals surface area contributed by atoms with Crippen LogP contribution in [-0.2, 0) is 11.2 Å². The molecule has 4 rings (SSSR count). The van der Waals surface area contributed by atoms with Crippen LogP contribution in [0.5, 0.6) is 11.5 Å². The second-order valence-corrected chi connectivity index (χ2v) is 7.38. The molecule has 0 amide bonds. The molecular weight excluding hydrogens is 336 g/mol. The van der Waals surface area contributed by atoms with E-state index in [0.717, 1.165) is 72.4 Å². The van der Waals surface area contributed by atoms with E-state index < -0.39 is 0 Å². The number of aromatic nitrogens is 1. The number of morpholine rings is 1. The number of pyridine rings is 1. The third kappa shape index (κ3) is 3.86. The first-order chi connectivity index (χ1) is 12.3. The lowest BCUT2D eigenvalue weighted by atomic mass is 10.1. The molecule has 2 aliphatic heterocycles. The number of aryl methyl sites for hydroxylation is 1. The van der Waals surface area contributed by atoms with Crippen molar-refractivity contribution >= 4 is 22.7 Å². The second kappa shape index (κ2) is 7.81. The van der Waals surface area contributed by atoms with Gasteiger partial charge in [-0.05, 0) is 24.1 Å². The first kappa shape index (κ1) is 16.9. The minimum Gasteiger partial charge on any atom is -0.486 e. The van der Waals surface area contributed by atoms with Gasteiger partial charge in [0.15, 0.2) is 11.5 Å². The van der Waals surface area contributed by atoms with Gasteiger partial charge in [-0.3, -0.25) is 4.90 Å². The summed E-state index contributed by atoms with van der Waals surface area (Å²) in [5.41, 5.74) is 2.28. The highest BCUT2D eigenvalue weighted by molar-refractivity contribution is 7.99. The molecule has 134 valence electrons. The molecule has 0 radical (unpaired) electrons. The van der Waals surface area contributed by atoms with Gasteiger partial charge >= 0.3 is 0 Å². The maximum absolute atomic E-state index is 5.70. The zero-order chi connectivity index (χ0) is 17.1. The molecular formula is C19H24N2O3S. The van der Waals surface area contributed by atoms with E-state index in [0.29, 0.717) is 13.2 Å². The molecule has 0 atom stereocenters. The van der Waals surface area contributed by atoms with Crippen LogP contribution in [0, 0.1) is 0 Å². The van der Waals surface area contributed by atoms with Gasteiger partial charge < -0.3 is 14.2 Å². The lowest BCUT2D eigenvalue weighted by molar-refractivity contribution is 0.0410. The molecule has 0 aliphatic carbocycles. The Bertz CT molecular complexity index is 747. The van der Waals surface area contributed by atoms with E-state index in [1.54, 1.807) is 0 Å². The van der Waals surface area contributed by atoms with E-state index in [1.165, 1.54) is 5.56 Å². The van der Waals surface area contributed by atoms with Crippen molar-refractivity contribution in [2.24, 2.45) is 0 Å². The predicted molar refractivity (Wildman–Crippen MR) is 100 cm³/mol. The van der Waals surface area contributed by atoms with E-state index in [2.05, 4.69) is 24.0 Å². The second-order valence-electron chi connectivity index (χ2n) is 6.30. The normalized spacial score (nSPS) is 17.8. The molecule has 0 unspecified atom stereocenters. The van der Waals surface area contributed by atoms with Gasteiger partial charge in [-0.25, -0.2) is 4.98 Å². The Kier molecular flexibility index (Phi) is 5.29. The molecule has 3 heterocycles. The number of nitrogens with zero attached hydrogens (tertiary/aromatic N) is 2. The first-order valence-electron chi connectivity index (χ1n) is 8.99. The van der Waals surface area contributed by atoms with Crippen LogP contribution in [0.1, 0.15) is 12.5 Å². The van der Waals surface area contributed by atoms with E-state index in [9.17, 15) is 0 Å². The number of rotatable bonds is 5. The van der Waals surface area contributed by atoms with Gasteiger partial charge in [-0.15, -0.1) is 11.8 Å². The Morgan fingerprint density at radius 3 is 2.56 bits per heavy atom. The van der Waals surface area contributed by atoms with Crippen LogP contribution in [0.25, 0.3) is 10.9 Å². The summed E-state index contributed by atoms with van der Waals surface area (Å²) in [7, 11) is 0. The minimum absolute atomic E-state index is 0.604. The average Bonchev–Trinajstić information content (AvgIpc) is 2.66. The fraction of sp³-hybridized carbons (Fsp3) is 0.526. The van der Waals surface area contributed by atoms with E-state index in [-0.39, 0.29) is 0 Å². The van der Waals surface area contributed by atoms with Gasteiger partial charge in [-0.2, -0.15) is 0 Å². The molecule has 0 N–H and O–H groups in total. The van der Waals surface area contributed by atoms with Crippen LogP contribution < -0.4 is 9.47 Å². The van der Waals surface area contributed by atoms with Crippen molar-refractivity contribution in [1.29, 1.82) is 0 Å². The number of hydrogen-bond acceptors (Lipinski definition) is 6. The SMILES string of the molecule is CCc1cc2cc3c(cc2nc1SCCN1CCOCC1)OCCO3. The van der Waals surface area contributed by atoms with Crippen molar-refractivity contribution in [3.63, 3.8) is 0 Å². The molecule has 6 heteroatoms. The van der Waals surface area contributed by atoms with Crippen LogP contribution in [-0.4, -0.2) is 61.7 Å². The molecule has 2 aromatic rings. The number of hydrogen-bond donors (Lipinski definition) is 0. The van der Waals surface area contributed by atoms with Crippen molar-refractivity contribution in [3.8, 4) is 11.5 Å². The largest absolute Gasteiger partial charge is 0.486 e. The Labute approximate surface area is 152 Å². The monoisotopic (exact) mass is 360 g/mol. The van der Waals surface area contributed by atoms with Crippen molar-refractivity contribution < 1.29 is 14.2 Å². The summed E-state index contributed by atoms with van der Waals surface area (Å²) in [6.45, 7) is 8.27. The van der Waals surface area contributed by atoms with Crippen molar-refractivity contribution in [3.05, 3.63) is 23.8 Å². The summed E-state index contributed by atoms with van der Waals surface area (Å²) in [5, 5.41) is 2.26. The fourth-order valence-corrected chi connectivity index (χ4v) is 4.31. The summed E-state index contributed by atoms with van der Waals surface area (Å²) in [6.07, 6.45) is 0.983. The molecule has 2 aliphatic rings. The molecule has 0 spiro atoms. The van der Waals surface area contributed by atoms with Crippen LogP contribution >= 0.6 is 11.8 Å². The Balaban J connectivity index is 1.52. The lowest BCUT2D eigenvalue weighted by Crippen LogP contribution is -2.37. The molecule has 0 saturated carbocycles. The third-order valence-corrected chi connectivity index (χ3v) is 5.66. The minimum atomic E-state index is 0.604. The summed E-state index contributed by atoms with van der Waals surface area (Å²) in [4.78, 5) is 7.38. The van der Waals surface area contributed by atoms with Crippen LogP contribution in [0.15, 0.2) is 23.2 Å². The maximum atomic E-state index is 5.70. The van der Waals surface area contributed by atoms with Crippen LogP contribution in [0.2, 0.25) is 0 Å². The Morgan fingerprint density at radius 1 is 1.04 bits per heavy atom. The Hall–Kier alpha value is -1.50. The lowest BCUT2D eigenvalue weighted by Gasteiger charge is -2.26. The van der Waals surface area contributed by atoms with E-state index in [1.807, 2.05) is 17.8 Å². The maximum Gasteiger partial charge on any atom is 0.163 e.